The van der Waals surface area contributed by atoms with Gasteiger partial charge >= 0.3 is 0 Å². The Kier molecular flexibility index (Phi) is 10.8. The molecule has 1 aromatic heterocycles. The van der Waals surface area contributed by atoms with Crippen molar-refractivity contribution >= 4 is 69.9 Å². The topological polar surface area (TPSA) is 116 Å². The highest BCUT2D eigenvalue weighted by molar-refractivity contribution is 8.00. The van der Waals surface area contributed by atoms with E-state index in [-0.39, 0.29) is 23.4 Å². The molecule has 0 spiro atoms. The van der Waals surface area contributed by atoms with Crippen LogP contribution in [0.15, 0.2) is 137 Å². The molecule has 0 saturated heterocycles. The van der Waals surface area contributed by atoms with Crippen LogP contribution in [0.5, 0.6) is 0 Å². The second kappa shape index (κ2) is 15.5. The molecule has 230 valence electrons. The lowest BCUT2D eigenvalue weighted by molar-refractivity contribution is -0.116. The molecule has 4 N–H and O–H groups in total. The Labute approximate surface area is 274 Å². The Hall–Kier alpha value is -5.45. The molecule has 0 aliphatic carbocycles. The average Bonchev–Trinajstić information content (AvgIpc) is 3.59. The van der Waals surface area contributed by atoms with Crippen molar-refractivity contribution in [3.05, 3.63) is 148 Å². The van der Waals surface area contributed by atoms with Gasteiger partial charge in [-0.3, -0.25) is 19.2 Å². The van der Waals surface area contributed by atoms with E-state index in [1.54, 1.807) is 66.7 Å². The molecule has 8 nitrogen and oxygen atoms in total. The molecule has 0 radical (unpaired) electrons. The molecule has 46 heavy (non-hydrogen) atoms. The minimum Gasteiger partial charge on any atom is -0.326 e. The lowest BCUT2D eigenvalue weighted by Gasteiger charge is -2.18. The highest BCUT2D eigenvalue weighted by atomic mass is 32.2. The van der Waals surface area contributed by atoms with E-state index in [1.807, 2.05) is 66.0 Å². The fraction of sp³-hybridized carbons (Fsp3) is 0.0556. The van der Waals surface area contributed by atoms with Crippen LogP contribution in [-0.2, 0) is 14.4 Å². The van der Waals surface area contributed by atoms with Crippen LogP contribution in [-0.4, -0.2) is 23.6 Å². The lowest BCUT2D eigenvalue weighted by atomic mass is 10.1. The summed E-state index contributed by atoms with van der Waals surface area (Å²) in [6.45, 7) is 1.44. The summed E-state index contributed by atoms with van der Waals surface area (Å²) in [5.74, 6) is -1.24. The molecule has 5 rings (SSSR count). The molecule has 0 bridgehead atoms. The second-order valence-electron chi connectivity index (χ2n) is 10.0. The van der Waals surface area contributed by atoms with Crippen LogP contribution in [0.3, 0.4) is 0 Å². The fourth-order valence-electron chi connectivity index (χ4n) is 4.36. The Morgan fingerprint density at radius 3 is 1.87 bits per heavy atom. The van der Waals surface area contributed by atoms with Crippen molar-refractivity contribution in [3.8, 4) is 0 Å². The standard InChI is InChI=1S/C36H30N4O4S2/c1-24(41)37-27-14-16-28(17-15-27)39-36(44)33(25-9-4-2-5-10-25)46-30-20-18-29(19-21-30)38-35(43)32(23-31-13-8-22-45-31)40-34(42)26-11-6-3-7-12-26/h2-23,33H,1H3,(H,37,41)(H,38,43)(H,39,44)(H,40,42)/b32-23-. The monoisotopic (exact) mass is 646 g/mol. The molecular formula is C36H30N4O4S2. The normalized spacial score (nSPS) is 11.6. The van der Waals surface area contributed by atoms with E-state index in [4.69, 9.17) is 0 Å². The molecule has 10 heteroatoms. The smallest absolute Gasteiger partial charge is 0.272 e. The summed E-state index contributed by atoms with van der Waals surface area (Å²) < 4.78 is 0. The summed E-state index contributed by atoms with van der Waals surface area (Å²) in [5.41, 5.74) is 3.15. The number of benzene rings is 4. The van der Waals surface area contributed by atoms with E-state index in [0.29, 0.717) is 22.6 Å². The first-order chi connectivity index (χ1) is 22.3. The highest BCUT2D eigenvalue weighted by Crippen LogP contribution is 2.37. The van der Waals surface area contributed by atoms with Crippen molar-refractivity contribution in [2.75, 3.05) is 16.0 Å². The van der Waals surface area contributed by atoms with Crippen LogP contribution >= 0.6 is 23.1 Å². The van der Waals surface area contributed by atoms with Gasteiger partial charge in [0.25, 0.3) is 11.8 Å². The molecule has 0 saturated carbocycles. The zero-order valence-electron chi connectivity index (χ0n) is 24.7. The number of thiophene rings is 1. The molecular weight excluding hydrogens is 617 g/mol. The average molecular weight is 647 g/mol. The van der Waals surface area contributed by atoms with Gasteiger partial charge in [0, 0.05) is 39.3 Å². The summed E-state index contributed by atoms with van der Waals surface area (Å²) in [6.07, 6.45) is 1.64. The summed E-state index contributed by atoms with van der Waals surface area (Å²) in [5, 5.41) is 12.6. The van der Waals surface area contributed by atoms with Crippen LogP contribution in [0.4, 0.5) is 17.1 Å². The zero-order valence-corrected chi connectivity index (χ0v) is 26.4. The second-order valence-corrected chi connectivity index (χ2v) is 12.2. The SMILES string of the molecule is CC(=O)Nc1ccc(NC(=O)C(Sc2ccc(NC(=O)/C(=C/c3cccs3)NC(=O)c3ccccc3)cc2)c2ccccc2)cc1. The van der Waals surface area contributed by atoms with E-state index in [9.17, 15) is 19.2 Å². The van der Waals surface area contributed by atoms with E-state index in [1.165, 1.54) is 30.0 Å². The summed E-state index contributed by atoms with van der Waals surface area (Å²) >= 11 is 2.83. The summed E-state index contributed by atoms with van der Waals surface area (Å²) in [4.78, 5) is 52.6. The minimum atomic E-state index is -0.565. The molecule has 1 atom stereocenters. The predicted molar refractivity (Wildman–Crippen MR) is 186 cm³/mol. The van der Waals surface area contributed by atoms with Gasteiger partial charge in [-0.2, -0.15) is 0 Å². The van der Waals surface area contributed by atoms with Gasteiger partial charge in [-0.15, -0.1) is 23.1 Å². The fourth-order valence-corrected chi connectivity index (χ4v) is 6.04. The van der Waals surface area contributed by atoms with Gasteiger partial charge in [0.2, 0.25) is 11.8 Å². The lowest BCUT2D eigenvalue weighted by Crippen LogP contribution is -2.30. The van der Waals surface area contributed by atoms with Crippen molar-refractivity contribution in [3.63, 3.8) is 0 Å². The Morgan fingerprint density at radius 2 is 1.26 bits per heavy atom. The van der Waals surface area contributed by atoms with Crippen molar-refractivity contribution in [1.82, 2.24) is 5.32 Å². The zero-order chi connectivity index (χ0) is 32.3. The van der Waals surface area contributed by atoms with Crippen LogP contribution < -0.4 is 21.3 Å². The number of thioether (sulfide) groups is 1. The molecule has 0 aliphatic rings. The van der Waals surface area contributed by atoms with Gasteiger partial charge in [0.15, 0.2) is 0 Å². The first-order valence-electron chi connectivity index (χ1n) is 14.3. The maximum Gasteiger partial charge on any atom is 0.272 e. The number of rotatable bonds is 11. The van der Waals surface area contributed by atoms with Gasteiger partial charge in [-0.05, 0) is 83.7 Å². The summed E-state index contributed by atoms with van der Waals surface area (Å²) in [7, 11) is 0. The molecule has 1 heterocycles. The summed E-state index contributed by atoms with van der Waals surface area (Å²) in [6, 6.07) is 36.0. The third kappa shape index (κ3) is 9.04. The van der Waals surface area contributed by atoms with Crippen molar-refractivity contribution < 1.29 is 19.2 Å². The van der Waals surface area contributed by atoms with Gasteiger partial charge in [-0.25, -0.2) is 0 Å². The maximum absolute atomic E-state index is 13.5. The third-order valence-corrected chi connectivity index (χ3v) is 8.62. The maximum atomic E-state index is 13.5. The number of hydrogen-bond acceptors (Lipinski definition) is 6. The third-order valence-electron chi connectivity index (χ3n) is 6.54. The molecule has 5 aromatic rings. The van der Waals surface area contributed by atoms with E-state index in [0.717, 1.165) is 15.3 Å². The van der Waals surface area contributed by atoms with Crippen molar-refractivity contribution in [2.24, 2.45) is 0 Å². The Bertz CT molecular complexity index is 1830. The predicted octanol–water partition coefficient (Wildman–Crippen LogP) is 7.59. The molecule has 1 unspecified atom stereocenters. The highest BCUT2D eigenvalue weighted by Gasteiger charge is 2.23. The Morgan fingerprint density at radius 1 is 0.674 bits per heavy atom. The number of carbonyl (C=O) groups is 4. The van der Waals surface area contributed by atoms with Gasteiger partial charge < -0.3 is 21.3 Å². The molecule has 4 amide bonds. The number of hydrogen-bond donors (Lipinski definition) is 4. The van der Waals surface area contributed by atoms with Gasteiger partial charge in [0.1, 0.15) is 10.9 Å². The first-order valence-corrected chi connectivity index (χ1v) is 16.0. The van der Waals surface area contributed by atoms with E-state index in [2.05, 4.69) is 21.3 Å². The van der Waals surface area contributed by atoms with Crippen LogP contribution in [0.2, 0.25) is 0 Å². The molecule has 4 aromatic carbocycles. The van der Waals surface area contributed by atoms with Gasteiger partial charge in [-0.1, -0.05) is 54.6 Å². The van der Waals surface area contributed by atoms with Crippen LogP contribution in [0.25, 0.3) is 6.08 Å². The first kappa shape index (κ1) is 32.0. The largest absolute Gasteiger partial charge is 0.326 e. The minimum absolute atomic E-state index is 0.112. The number of nitrogens with one attached hydrogen (secondary N) is 4. The Balaban J connectivity index is 1.28. The van der Waals surface area contributed by atoms with E-state index >= 15 is 0 Å². The van der Waals surface area contributed by atoms with Crippen LogP contribution in [0, 0.1) is 0 Å². The van der Waals surface area contributed by atoms with Crippen LogP contribution in [0.1, 0.15) is 33.0 Å². The number of anilines is 3. The quantitative estimate of drug-likeness (QED) is 0.0872. The van der Waals surface area contributed by atoms with Crippen molar-refractivity contribution in [2.45, 2.75) is 17.1 Å². The molecule has 0 aliphatic heterocycles. The van der Waals surface area contributed by atoms with Crippen molar-refractivity contribution in [1.29, 1.82) is 0 Å². The van der Waals surface area contributed by atoms with E-state index < -0.39 is 11.2 Å². The number of amides is 4. The molecule has 0 fully saturated rings. The number of carbonyl (C=O) groups excluding carboxylic acids is 4. The van der Waals surface area contributed by atoms with Gasteiger partial charge in [0.05, 0.1) is 0 Å².